The third kappa shape index (κ3) is 3.33. The van der Waals surface area contributed by atoms with Crippen LogP contribution in [0.4, 0.5) is 11.5 Å². The lowest BCUT2D eigenvalue weighted by atomic mass is 10.0. The van der Waals surface area contributed by atoms with Gasteiger partial charge in [-0.1, -0.05) is 18.2 Å². The van der Waals surface area contributed by atoms with Crippen molar-refractivity contribution in [3.63, 3.8) is 0 Å². The van der Waals surface area contributed by atoms with Crippen LogP contribution in [0.15, 0.2) is 55.0 Å². The molecule has 2 aromatic heterocycles. The molecule has 0 aliphatic rings. The van der Waals surface area contributed by atoms with E-state index in [0.717, 1.165) is 27.8 Å². The Labute approximate surface area is 139 Å². The van der Waals surface area contributed by atoms with Crippen LogP contribution in [0.5, 0.6) is 0 Å². The van der Waals surface area contributed by atoms with E-state index < -0.39 is 12.0 Å². The summed E-state index contributed by atoms with van der Waals surface area (Å²) in [5.74, 6) is 0.299. The maximum atomic E-state index is 11.6. The number of rotatable bonds is 5. The first-order valence-electron chi connectivity index (χ1n) is 7.56. The van der Waals surface area contributed by atoms with E-state index in [9.17, 15) is 4.79 Å². The number of carbonyl (C=O) groups excluding carboxylic acids is 1. The number of methoxy groups -OCH3 is 1. The number of fused-ring (bicyclic) bond motifs is 1. The number of benzene rings is 1. The van der Waals surface area contributed by atoms with Crippen LogP contribution >= 0.6 is 0 Å². The standard InChI is InChI=1S/C18H18N4O2/c1-24-18(23)15(19)10-12-4-2-3-5-16(12)22-17-14-7-8-20-11-13(14)6-9-21-17/h2-9,11,15H,10,19H2,1H3,(H,21,22)/t15-/m0/s1. The summed E-state index contributed by atoms with van der Waals surface area (Å²) in [6.45, 7) is 0. The fourth-order valence-corrected chi connectivity index (χ4v) is 2.54. The van der Waals surface area contributed by atoms with Crippen LogP contribution in [0.25, 0.3) is 10.8 Å². The molecular formula is C18H18N4O2. The molecule has 0 fully saturated rings. The van der Waals surface area contributed by atoms with E-state index in [0.29, 0.717) is 6.42 Å². The summed E-state index contributed by atoms with van der Waals surface area (Å²) in [5, 5.41) is 5.30. The quantitative estimate of drug-likeness (QED) is 0.701. The molecule has 1 aromatic carbocycles. The summed E-state index contributed by atoms with van der Waals surface area (Å²) >= 11 is 0. The number of nitrogens with zero attached hydrogens (tertiary/aromatic N) is 2. The van der Waals surface area contributed by atoms with E-state index in [1.807, 2.05) is 36.4 Å². The lowest BCUT2D eigenvalue weighted by Crippen LogP contribution is -2.33. The number of carbonyl (C=O) groups is 1. The van der Waals surface area contributed by atoms with Gasteiger partial charge in [0.1, 0.15) is 11.9 Å². The van der Waals surface area contributed by atoms with Gasteiger partial charge >= 0.3 is 5.97 Å². The highest BCUT2D eigenvalue weighted by Gasteiger charge is 2.16. The van der Waals surface area contributed by atoms with Gasteiger partial charge in [-0.15, -0.1) is 0 Å². The summed E-state index contributed by atoms with van der Waals surface area (Å²) in [5.41, 5.74) is 7.66. The second-order valence-electron chi connectivity index (χ2n) is 5.37. The number of esters is 1. The van der Waals surface area contributed by atoms with Crippen LogP contribution in [0.1, 0.15) is 5.56 Å². The molecule has 0 amide bonds. The van der Waals surface area contributed by atoms with E-state index >= 15 is 0 Å². The van der Waals surface area contributed by atoms with Crippen molar-refractivity contribution in [2.24, 2.45) is 5.73 Å². The van der Waals surface area contributed by atoms with E-state index in [1.165, 1.54) is 7.11 Å². The summed E-state index contributed by atoms with van der Waals surface area (Å²) in [6, 6.07) is 10.8. The number of nitrogens with two attached hydrogens (primary N) is 1. The third-order valence-electron chi connectivity index (χ3n) is 3.78. The molecule has 0 radical (unpaired) electrons. The molecule has 3 N–H and O–H groups in total. The minimum absolute atomic E-state index is 0.377. The molecular weight excluding hydrogens is 304 g/mol. The SMILES string of the molecule is COC(=O)[C@@H](N)Cc1ccccc1Nc1nccc2cnccc12. The number of pyridine rings is 2. The van der Waals surface area contributed by atoms with Gasteiger partial charge in [-0.2, -0.15) is 0 Å². The van der Waals surface area contributed by atoms with Gasteiger partial charge in [0.2, 0.25) is 0 Å². The molecule has 0 saturated carbocycles. The molecule has 0 bridgehead atoms. The molecule has 3 aromatic rings. The van der Waals surface area contributed by atoms with Crippen molar-refractivity contribution in [1.29, 1.82) is 0 Å². The fourth-order valence-electron chi connectivity index (χ4n) is 2.54. The number of hydrogen-bond acceptors (Lipinski definition) is 6. The molecule has 0 saturated heterocycles. The van der Waals surface area contributed by atoms with Crippen LogP contribution in [0, 0.1) is 0 Å². The number of anilines is 2. The third-order valence-corrected chi connectivity index (χ3v) is 3.78. The smallest absolute Gasteiger partial charge is 0.322 e. The average Bonchev–Trinajstić information content (AvgIpc) is 2.63. The molecule has 1 atom stereocenters. The summed E-state index contributed by atoms with van der Waals surface area (Å²) in [4.78, 5) is 20.1. The molecule has 2 heterocycles. The second-order valence-corrected chi connectivity index (χ2v) is 5.37. The molecule has 6 heteroatoms. The van der Waals surface area contributed by atoms with Gasteiger partial charge in [0, 0.05) is 41.5 Å². The predicted molar refractivity (Wildman–Crippen MR) is 93.0 cm³/mol. The predicted octanol–water partition coefficient (Wildman–Crippen LogP) is 2.42. The molecule has 0 spiro atoms. The van der Waals surface area contributed by atoms with Crippen LogP contribution in [0.2, 0.25) is 0 Å². The molecule has 3 rings (SSSR count). The van der Waals surface area contributed by atoms with E-state index in [4.69, 9.17) is 10.5 Å². The van der Waals surface area contributed by atoms with E-state index in [2.05, 4.69) is 15.3 Å². The van der Waals surface area contributed by atoms with Gasteiger partial charge < -0.3 is 15.8 Å². The Morgan fingerprint density at radius 3 is 2.92 bits per heavy atom. The first-order chi connectivity index (χ1) is 11.7. The molecule has 0 aliphatic heterocycles. The van der Waals surface area contributed by atoms with Crippen molar-refractivity contribution >= 4 is 28.2 Å². The first-order valence-corrected chi connectivity index (χ1v) is 7.56. The highest BCUT2D eigenvalue weighted by Crippen LogP contribution is 2.26. The van der Waals surface area contributed by atoms with Gasteiger partial charge in [0.25, 0.3) is 0 Å². The molecule has 0 aliphatic carbocycles. The Bertz CT molecular complexity index is 861. The van der Waals surface area contributed by atoms with E-state index in [1.54, 1.807) is 18.6 Å². The van der Waals surface area contributed by atoms with Crippen molar-refractivity contribution in [1.82, 2.24) is 9.97 Å². The number of aromatic nitrogens is 2. The second kappa shape index (κ2) is 7.06. The summed E-state index contributed by atoms with van der Waals surface area (Å²) in [7, 11) is 1.33. The molecule has 0 unspecified atom stereocenters. The fraction of sp³-hybridized carbons (Fsp3) is 0.167. The Hall–Kier alpha value is -2.99. The first kappa shape index (κ1) is 15.9. The Kier molecular flexibility index (Phi) is 4.67. The molecule has 24 heavy (non-hydrogen) atoms. The van der Waals surface area contributed by atoms with Crippen molar-refractivity contribution in [2.45, 2.75) is 12.5 Å². The van der Waals surface area contributed by atoms with Gasteiger partial charge in [-0.05, 0) is 23.8 Å². The normalized spacial score (nSPS) is 11.9. The minimum atomic E-state index is -0.706. The maximum Gasteiger partial charge on any atom is 0.322 e. The van der Waals surface area contributed by atoms with Gasteiger partial charge in [-0.3, -0.25) is 9.78 Å². The zero-order valence-electron chi connectivity index (χ0n) is 13.3. The zero-order valence-corrected chi connectivity index (χ0v) is 13.3. The maximum absolute atomic E-state index is 11.6. The van der Waals surface area contributed by atoms with Crippen LogP contribution < -0.4 is 11.1 Å². The minimum Gasteiger partial charge on any atom is -0.468 e. The van der Waals surface area contributed by atoms with Crippen LogP contribution in [-0.4, -0.2) is 29.1 Å². The van der Waals surface area contributed by atoms with Crippen molar-refractivity contribution in [2.75, 3.05) is 12.4 Å². The lowest BCUT2D eigenvalue weighted by molar-refractivity contribution is -0.142. The average molecular weight is 322 g/mol. The summed E-state index contributed by atoms with van der Waals surface area (Å²) < 4.78 is 4.70. The van der Waals surface area contributed by atoms with Gasteiger partial charge in [-0.25, -0.2) is 4.98 Å². The Morgan fingerprint density at radius 1 is 1.25 bits per heavy atom. The van der Waals surface area contributed by atoms with Crippen molar-refractivity contribution in [3.8, 4) is 0 Å². The van der Waals surface area contributed by atoms with Gasteiger partial charge in [0.05, 0.1) is 7.11 Å². The highest BCUT2D eigenvalue weighted by molar-refractivity contribution is 5.92. The van der Waals surface area contributed by atoms with Crippen LogP contribution in [-0.2, 0) is 16.0 Å². The Morgan fingerprint density at radius 2 is 2.08 bits per heavy atom. The highest BCUT2D eigenvalue weighted by atomic mass is 16.5. The number of para-hydroxylation sites is 1. The monoisotopic (exact) mass is 322 g/mol. The molecule has 122 valence electrons. The molecule has 6 nitrogen and oxygen atoms in total. The summed E-state index contributed by atoms with van der Waals surface area (Å²) in [6.07, 6.45) is 5.63. The topological polar surface area (TPSA) is 90.1 Å². The number of hydrogen-bond donors (Lipinski definition) is 2. The zero-order chi connectivity index (χ0) is 16.9. The largest absolute Gasteiger partial charge is 0.468 e. The number of nitrogens with one attached hydrogen (secondary N) is 1. The van der Waals surface area contributed by atoms with E-state index in [-0.39, 0.29) is 0 Å². The van der Waals surface area contributed by atoms with Gasteiger partial charge in [0.15, 0.2) is 0 Å². The van der Waals surface area contributed by atoms with Crippen LogP contribution in [0.3, 0.4) is 0 Å². The number of ether oxygens (including phenoxy) is 1. The van der Waals surface area contributed by atoms with Crippen molar-refractivity contribution < 1.29 is 9.53 Å². The van der Waals surface area contributed by atoms with Crippen molar-refractivity contribution in [3.05, 3.63) is 60.6 Å². The lowest BCUT2D eigenvalue weighted by Gasteiger charge is -2.15. The Balaban J connectivity index is 1.91.